The maximum absolute atomic E-state index is 13.3. The molecule has 3 aromatic rings. The summed E-state index contributed by atoms with van der Waals surface area (Å²) in [7, 11) is 0. The molecular formula is C34H47N7O4. The maximum atomic E-state index is 13.3. The molecule has 11 heteroatoms. The zero-order valence-electron chi connectivity index (χ0n) is 27.2. The number of esters is 1. The Morgan fingerprint density at radius 3 is 2.78 bits per heavy atom. The van der Waals surface area contributed by atoms with Gasteiger partial charge >= 0.3 is 5.97 Å². The van der Waals surface area contributed by atoms with Crippen molar-refractivity contribution in [1.29, 1.82) is 0 Å². The first-order valence-corrected chi connectivity index (χ1v) is 16.4. The predicted octanol–water partition coefficient (Wildman–Crippen LogP) is 3.79. The molecule has 2 saturated heterocycles. The fraction of sp³-hybridized carbons (Fsp3) is 0.588. The fourth-order valence-electron chi connectivity index (χ4n) is 7.00. The van der Waals surface area contributed by atoms with Gasteiger partial charge in [-0.15, -0.1) is 0 Å². The number of ether oxygens (including phenoxy) is 2. The van der Waals surface area contributed by atoms with Gasteiger partial charge in [0.05, 0.1) is 47.8 Å². The number of hydrogen-bond donors (Lipinski definition) is 2. The Kier molecular flexibility index (Phi) is 8.87. The molecule has 3 aliphatic rings. The van der Waals surface area contributed by atoms with Crippen LogP contribution in [0.5, 0.6) is 0 Å². The van der Waals surface area contributed by atoms with Crippen molar-refractivity contribution < 1.29 is 19.1 Å². The van der Waals surface area contributed by atoms with E-state index < -0.39 is 17.5 Å². The quantitative estimate of drug-likeness (QED) is 0.422. The molecule has 0 aliphatic carbocycles. The van der Waals surface area contributed by atoms with Crippen LogP contribution in [-0.4, -0.2) is 82.5 Å². The number of aromatic nitrogens is 3. The molecule has 0 spiro atoms. The molecule has 242 valence electrons. The van der Waals surface area contributed by atoms with E-state index >= 15 is 0 Å². The molecule has 2 fully saturated rings. The zero-order valence-corrected chi connectivity index (χ0v) is 27.2. The van der Waals surface area contributed by atoms with Gasteiger partial charge < -0.3 is 24.7 Å². The number of hydrogen-bond acceptors (Lipinski definition) is 9. The van der Waals surface area contributed by atoms with Gasteiger partial charge in [0.2, 0.25) is 0 Å². The van der Waals surface area contributed by atoms with Gasteiger partial charge in [-0.25, -0.2) is 10.4 Å². The van der Waals surface area contributed by atoms with Crippen LogP contribution < -0.4 is 16.1 Å². The Labute approximate surface area is 265 Å². The molecule has 11 nitrogen and oxygen atoms in total. The van der Waals surface area contributed by atoms with Crippen LogP contribution in [0.3, 0.4) is 0 Å². The van der Waals surface area contributed by atoms with Crippen molar-refractivity contribution >= 4 is 28.7 Å². The van der Waals surface area contributed by atoms with Gasteiger partial charge in [-0.05, 0) is 62.8 Å². The summed E-state index contributed by atoms with van der Waals surface area (Å²) < 4.78 is 14.4. The Morgan fingerprint density at radius 1 is 1.18 bits per heavy atom. The molecule has 3 atom stereocenters. The van der Waals surface area contributed by atoms with Gasteiger partial charge in [-0.1, -0.05) is 27.7 Å². The minimum atomic E-state index is -0.757. The van der Waals surface area contributed by atoms with E-state index in [-0.39, 0.29) is 30.5 Å². The van der Waals surface area contributed by atoms with Crippen molar-refractivity contribution in [2.24, 2.45) is 11.1 Å². The molecule has 3 aromatic heterocycles. The average molecular weight is 618 g/mol. The number of nitrogens with zero attached hydrogens (tertiary/aromatic N) is 5. The fourth-order valence-corrected chi connectivity index (χ4v) is 7.00. The third kappa shape index (κ3) is 6.30. The number of pyridine rings is 2. The lowest BCUT2D eigenvalue weighted by Crippen LogP contribution is -2.59. The van der Waals surface area contributed by atoms with Gasteiger partial charge in [-0.2, -0.15) is 0 Å². The van der Waals surface area contributed by atoms with Crippen LogP contribution in [-0.2, 0) is 32.0 Å². The second-order valence-electron chi connectivity index (χ2n) is 13.7. The molecular weight excluding hydrogens is 570 g/mol. The van der Waals surface area contributed by atoms with E-state index in [1.54, 1.807) is 0 Å². The predicted molar refractivity (Wildman–Crippen MR) is 174 cm³/mol. The summed E-state index contributed by atoms with van der Waals surface area (Å²) in [6.45, 7) is 14.1. The van der Waals surface area contributed by atoms with E-state index in [0.717, 1.165) is 45.9 Å². The van der Waals surface area contributed by atoms with Crippen LogP contribution in [0.15, 0.2) is 30.5 Å². The number of morpholine rings is 1. The Morgan fingerprint density at radius 2 is 2.00 bits per heavy atom. The van der Waals surface area contributed by atoms with Crippen LogP contribution in [0.1, 0.15) is 71.1 Å². The van der Waals surface area contributed by atoms with Crippen LogP contribution in [0.4, 0.5) is 5.82 Å². The first-order valence-electron chi connectivity index (χ1n) is 16.4. The second kappa shape index (κ2) is 12.7. The number of fused-ring (bicyclic) bond motifs is 6. The third-order valence-corrected chi connectivity index (χ3v) is 9.24. The minimum absolute atomic E-state index is 0.224. The topological polar surface area (TPSA) is 128 Å². The molecule has 45 heavy (non-hydrogen) atoms. The molecule has 1 amide bonds. The zero-order chi connectivity index (χ0) is 31.9. The average Bonchev–Trinajstić information content (AvgIpc) is 3.34. The molecule has 0 unspecified atom stereocenters. The molecule has 3 aliphatic heterocycles. The number of anilines is 1. The highest BCUT2D eigenvalue weighted by Crippen LogP contribution is 2.40. The van der Waals surface area contributed by atoms with Gasteiger partial charge in [-0.3, -0.25) is 19.6 Å². The number of cyclic esters (lactones) is 1. The van der Waals surface area contributed by atoms with Crippen molar-refractivity contribution in [3.63, 3.8) is 0 Å². The van der Waals surface area contributed by atoms with E-state index in [9.17, 15) is 9.59 Å². The van der Waals surface area contributed by atoms with Crippen molar-refractivity contribution in [3.8, 4) is 11.3 Å². The maximum Gasteiger partial charge on any atom is 0.324 e. The van der Waals surface area contributed by atoms with E-state index in [1.807, 2.05) is 12.3 Å². The number of nitrogens with one attached hydrogen (secondary N) is 1. The Bertz CT molecular complexity index is 1570. The lowest BCUT2D eigenvalue weighted by molar-refractivity contribution is -0.155. The third-order valence-electron chi connectivity index (χ3n) is 9.24. The number of hydrazine groups is 1. The molecule has 3 N–H and O–H groups in total. The standard InChI is InChI=1S/C34H47N7O4/c1-6-40-27-11-12-28-37-30(27)24(31(40)23-9-7-13-36-29(23)21(2)3)18-34(4,5)20-45-33(43)26-10-8-14-41(38-26)32(42)25(35)17-22-19-39(28)15-16-44-22/h7,9,11-13,21-22,25-26,38H,6,8,10,14-20,35H2,1-5H3/t22-,25-,26-/m0/s1. The molecule has 0 aromatic carbocycles. The van der Waals surface area contributed by atoms with Crippen molar-refractivity contribution in [3.05, 3.63) is 41.7 Å². The Hall–Kier alpha value is -3.54. The highest BCUT2D eigenvalue weighted by atomic mass is 16.5. The summed E-state index contributed by atoms with van der Waals surface area (Å²) in [6, 6.07) is 7.07. The van der Waals surface area contributed by atoms with Crippen molar-refractivity contribution in [2.75, 3.05) is 37.7 Å². The lowest BCUT2D eigenvalue weighted by atomic mass is 9.84. The first kappa shape index (κ1) is 31.4. The summed E-state index contributed by atoms with van der Waals surface area (Å²) in [5, 5.41) is 1.50. The molecule has 0 radical (unpaired) electrons. The van der Waals surface area contributed by atoms with Gasteiger partial charge in [0, 0.05) is 48.9 Å². The van der Waals surface area contributed by atoms with Crippen LogP contribution >= 0.6 is 0 Å². The van der Waals surface area contributed by atoms with Crippen molar-refractivity contribution in [1.82, 2.24) is 25.0 Å². The summed E-state index contributed by atoms with van der Waals surface area (Å²) in [4.78, 5) is 39.0. The largest absolute Gasteiger partial charge is 0.464 e. The molecule has 0 saturated carbocycles. The summed E-state index contributed by atoms with van der Waals surface area (Å²) in [5.41, 5.74) is 15.6. The monoisotopic (exact) mass is 617 g/mol. The number of carbonyl (C=O) groups excluding carboxylic acids is 2. The summed E-state index contributed by atoms with van der Waals surface area (Å²) >= 11 is 0. The summed E-state index contributed by atoms with van der Waals surface area (Å²) in [5.74, 6) is 0.522. The molecule has 6 bridgehead atoms. The minimum Gasteiger partial charge on any atom is -0.464 e. The smallest absolute Gasteiger partial charge is 0.324 e. The number of nitrogens with two attached hydrogens (primary N) is 1. The van der Waals surface area contributed by atoms with Crippen molar-refractivity contribution in [2.45, 2.75) is 91.0 Å². The normalized spacial score (nSPS) is 24.6. The van der Waals surface area contributed by atoms with E-state index in [4.69, 9.17) is 25.2 Å². The highest BCUT2D eigenvalue weighted by molar-refractivity contribution is 5.91. The van der Waals surface area contributed by atoms with Gasteiger partial charge in [0.15, 0.2) is 0 Å². The van der Waals surface area contributed by atoms with Gasteiger partial charge in [0.1, 0.15) is 11.9 Å². The number of amides is 1. The first-order chi connectivity index (χ1) is 21.6. The Balaban J connectivity index is 1.49. The van der Waals surface area contributed by atoms with Crippen LogP contribution in [0, 0.1) is 5.41 Å². The lowest BCUT2D eigenvalue weighted by Gasteiger charge is -2.37. The number of rotatable bonds is 3. The number of aryl methyl sites for hydroxylation is 1. The summed E-state index contributed by atoms with van der Waals surface area (Å²) in [6.07, 6.45) is 3.94. The SMILES string of the molecule is CCn1c(-c2cccnc2C(C)C)c2c3nc(ccc31)N1CCO[C@@H](C[C@H](N)C(=O)N3CCC[C@H](N3)C(=O)OCC(C)(C)C2)C1. The van der Waals surface area contributed by atoms with Crippen LogP contribution in [0.25, 0.3) is 22.3 Å². The van der Waals surface area contributed by atoms with Crippen LogP contribution in [0.2, 0.25) is 0 Å². The molecule has 6 rings (SSSR count). The van der Waals surface area contributed by atoms with E-state index in [2.05, 4.69) is 67.7 Å². The number of carbonyl (C=O) groups is 2. The highest BCUT2D eigenvalue weighted by Gasteiger charge is 2.35. The van der Waals surface area contributed by atoms with Gasteiger partial charge in [0.25, 0.3) is 5.91 Å². The second-order valence-corrected chi connectivity index (χ2v) is 13.7. The van der Waals surface area contributed by atoms with E-state index in [1.165, 1.54) is 5.01 Å². The molecule has 6 heterocycles. The van der Waals surface area contributed by atoms with E-state index in [0.29, 0.717) is 51.9 Å².